The van der Waals surface area contributed by atoms with Crippen molar-refractivity contribution in [2.75, 3.05) is 55.7 Å². The predicted molar refractivity (Wildman–Crippen MR) is 115 cm³/mol. The smallest absolute Gasteiger partial charge is 0.203 e. The molecule has 0 atom stereocenters. The summed E-state index contributed by atoms with van der Waals surface area (Å²) in [7, 11) is 10.4. The number of ether oxygens (including phenoxy) is 5. The molecule has 0 unspecified atom stereocenters. The number of hydrogen-bond acceptors (Lipinski definition) is 6. The van der Waals surface area contributed by atoms with Crippen molar-refractivity contribution in [3.8, 4) is 28.7 Å². The van der Waals surface area contributed by atoms with Gasteiger partial charge in [-0.05, 0) is 55.6 Å². The normalized spacial score (nSPS) is 10.8. The van der Waals surface area contributed by atoms with E-state index in [2.05, 4.69) is 24.9 Å². The molecule has 0 N–H and O–H groups in total. The number of nitrogens with zero attached hydrogens (tertiary/aromatic N) is 1. The zero-order chi connectivity index (χ0) is 21.4. The molecule has 0 aliphatic carbocycles. The van der Waals surface area contributed by atoms with Gasteiger partial charge in [0, 0.05) is 13.1 Å². The van der Waals surface area contributed by atoms with Crippen molar-refractivity contribution in [3.63, 3.8) is 0 Å². The highest BCUT2D eigenvalue weighted by atomic mass is 16.5. The van der Waals surface area contributed by atoms with Crippen molar-refractivity contribution < 1.29 is 23.7 Å². The van der Waals surface area contributed by atoms with Gasteiger partial charge >= 0.3 is 0 Å². The molecule has 0 saturated heterocycles. The lowest BCUT2D eigenvalue weighted by molar-refractivity contribution is 0.316. The van der Waals surface area contributed by atoms with Gasteiger partial charge in [0.2, 0.25) is 5.75 Å². The van der Waals surface area contributed by atoms with Gasteiger partial charge in [0.25, 0.3) is 0 Å². The van der Waals surface area contributed by atoms with Gasteiger partial charge in [-0.3, -0.25) is 0 Å². The van der Waals surface area contributed by atoms with E-state index in [1.54, 1.807) is 35.5 Å². The first-order valence-corrected chi connectivity index (χ1v) is 9.67. The van der Waals surface area contributed by atoms with Crippen LogP contribution in [0.25, 0.3) is 0 Å². The maximum Gasteiger partial charge on any atom is 0.203 e. The average molecular weight is 404 g/mol. The maximum atomic E-state index is 5.59. The van der Waals surface area contributed by atoms with Crippen LogP contribution in [-0.2, 0) is 12.8 Å². The van der Waals surface area contributed by atoms with Crippen LogP contribution >= 0.6 is 0 Å². The summed E-state index contributed by atoms with van der Waals surface area (Å²) in [5.74, 6) is 3.61. The third-order valence-corrected chi connectivity index (χ3v) is 5.22. The fraction of sp³-hybridized carbons (Fsp3) is 0.478. The summed E-state index contributed by atoms with van der Waals surface area (Å²) in [5.41, 5.74) is 3.49. The zero-order valence-corrected chi connectivity index (χ0v) is 18.6. The highest BCUT2D eigenvalue weighted by Crippen LogP contribution is 2.40. The molecule has 0 spiro atoms. The average Bonchev–Trinajstić information content (AvgIpc) is 2.75. The van der Waals surface area contributed by atoms with E-state index in [1.165, 1.54) is 5.56 Å². The molecule has 0 bridgehead atoms. The molecule has 0 aliphatic heterocycles. The van der Waals surface area contributed by atoms with E-state index in [-0.39, 0.29) is 0 Å². The lowest BCUT2D eigenvalue weighted by atomic mass is 10.0. The molecule has 0 aromatic heterocycles. The maximum absolute atomic E-state index is 5.59. The van der Waals surface area contributed by atoms with E-state index in [1.807, 2.05) is 18.2 Å². The van der Waals surface area contributed by atoms with E-state index < -0.39 is 0 Å². The molecule has 2 rings (SSSR count). The standard InChI is InChI=1S/C23H33NO5/c1-16-17(8-10-19(25-3)21(16)27-5)12-14-24(2)15-13-18-9-11-20(26-4)23(29-7)22(18)28-6/h8-11H,12-15H2,1-7H3. The van der Waals surface area contributed by atoms with Crippen LogP contribution in [0, 0.1) is 6.92 Å². The number of benzene rings is 2. The van der Waals surface area contributed by atoms with Crippen LogP contribution in [0.3, 0.4) is 0 Å². The second-order valence-electron chi connectivity index (χ2n) is 6.88. The molecule has 0 amide bonds. The largest absolute Gasteiger partial charge is 0.493 e. The molecule has 0 fully saturated rings. The summed E-state index contributed by atoms with van der Waals surface area (Å²) in [4.78, 5) is 2.31. The Bertz CT molecular complexity index is 806. The molecule has 0 heterocycles. The van der Waals surface area contributed by atoms with Crippen molar-refractivity contribution in [2.45, 2.75) is 19.8 Å². The Hall–Kier alpha value is -2.60. The summed E-state index contributed by atoms with van der Waals surface area (Å²) in [5, 5.41) is 0. The van der Waals surface area contributed by atoms with E-state index in [0.717, 1.165) is 54.3 Å². The fourth-order valence-corrected chi connectivity index (χ4v) is 3.49. The van der Waals surface area contributed by atoms with E-state index in [9.17, 15) is 0 Å². The van der Waals surface area contributed by atoms with Gasteiger partial charge in [0.15, 0.2) is 23.0 Å². The topological polar surface area (TPSA) is 49.4 Å². The number of hydrogen-bond donors (Lipinski definition) is 0. The zero-order valence-electron chi connectivity index (χ0n) is 18.6. The van der Waals surface area contributed by atoms with Crippen LogP contribution in [-0.4, -0.2) is 60.6 Å². The Morgan fingerprint density at radius 3 is 1.62 bits per heavy atom. The van der Waals surface area contributed by atoms with E-state index >= 15 is 0 Å². The third kappa shape index (κ3) is 5.26. The van der Waals surface area contributed by atoms with Crippen molar-refractivity contribution in [2.24, 2.45) is 0 Å². The van der Waals surface area contributed by atoms with Crippen LogP contribution < -0.4 is 23.7 Å². The molecular formula is C23H33NO5. The minimum Gasteiger partial charge on any atom is -0.493 e. The Morgan fingerprint density at radius 2 is 1.10 bits per heavy atom. The molecule has 6 nitrogen and oxygen atoms in total. The first-order valence-electron chi connectivity index (χ1n) is 9.67. The highest BCUT2D eigenvalue weighted by molar-refractivity contribution is 5.56. The molecule has 29 heavy (non-hydrogen) atoms. The molecule has 2 aromatic rings. The molecular weight excluding hydrogens is 370 g/mol. The predicted octanol–water partition coefficient (Wildman–Crippen LogP) is 3.76. The summed E-state index contributed by atoms with van der Waals surface area (Å²) in [6.45, 7) is 3.91. The Balaban J connectivity index is 2.02. The van der Waals surface area contributed by atoms with Gasteiger partial charge in [-0.2, -0.15) is 0 Å². The third-order valence-electron chi connectivity index (χ3n) is 5.22. The molecule has 0 radical (unpaired) electrons. The van der Waals surface area contributed by atoms with Gasteiger partial charge in [0.05, 0.1) is 35.5 Å². The molecule has 160 valence electrons. The van der Waals surface area contributed by atoms with Crippen LogP contribution in [0.4, 0.5) is 0 Å². The fourth-order valence-electron chi connectivity index (χ4n) is 3.49. The van der Waals surface area contributed by atoms with E-state index in [4.69, 9.17) is 23.7 Å². The first kappa shape index (κ1) is 22.7. The monoisotopic (exact) mass is 403 g/mol. The lowest BCUT2D eigenvalue weighted by Gasteiger charge is -2.20. The first-order chi connectivity index (χ1) is 14.0. The van der Waals surface area contributed by atoms with E-state index in [0.29, 0.717) is 11.5 Å². The second-order valence-corrected chi connectivity index (χ2v) is 6.88. The van der Waals surface area contributed by atoms with Crippen LogP contribution in [0.2, 0.25) is 0 Å². The van der Waals surface area contributed by atoms with Crippen molar-refractivity contribution in [3.05, 3.63) is 41.0 Å². The van der Waals surface area contributed by atoms with Crippen molar-refractivity contribution in [1.29, 1.82) is 0 Å². The Kier molecular flexibility index (Phi) is 8.46. The van der Waals surface area contributed by atoms with Gasteiger partial charge < -0.3 is 28.6 Å². The second kappa shape index (κ2) is 10.8. The number of methoxy groups -OCH3 is 5. The summed E-state index contributed by atoms with van der Waals surface area (Å²) < 4.78 is 27.3. The van der Waals surface area contributed by atoms with Crippen LogP contribution in [0.5, 0.6) is 28.7 Å². The number of likely N-dealkylation sites (N-methyl/N-ethyl adjacent to an activating group) is 1. The van der Waals surface area contributed by atoms with Gasteiger partial charge in [-0.1, -0.05) is 12.1 Å². The van der Waals surface area contributed by atoms with Gasteiger partial charge in [-0.25, -0.2) is 0 Å². The highest BCUT2D eigenvalue weighted by Gasteiger charge is 2.16. The minimum atomic E-state index is 0.635. The SMILES string of the molecule is COc1ccc(CCN(C)CCc2ccc(OC)c(OC)c2OC)c(C)c1OC. The van der Waals surface area contributed by atoms with Crippen LogP contribution in [0.1, 0.15) is 16.7 Å². The Labute approximate surface area is 174 Å². The molecule has 2 aromatic carbocycles. The number of rotatable bonds is 11. The van der Waals surface area contributed by atoms with Crippen molar-refractivity contribution >= 4 is 0 Å². The van der Waals surface area contributed by atoms with Crippen molar-refractivity contribution in [1.82, 2.24) is 4.90 Å². The minimum absolute atomic E-state index is 0.635. The van der Waals surface area contributed by atoms with Gasteiger partial charge in [0.1, 0.15) is 0 Å². The summed E-state index contributed by atoms with van der Waals surface area (Å²) >= 11 is 0. The lowest BCUT2D eigenvalue weighted by Crippen LogP contribution is -2.24. The molecule has 6 heteroatoms. The summed E-state index contributed by atoms with van der Waals surface area (Å²) in [6, 6.07) is 8.04. The summed E-state index contributed by atoms with van der Waals surface area (Å²) in [6.07, 6.45) is 1.79. The quantitative estimate of drug-likeness (QED) is 0.569. The Morgan fingerprint density at radius 1 is 0.621 bits per heavy atom. The molecule has 0 saturated carbocycles. The van der Waals surface area contributed by atoms with Crippen LogP contribution in [0.15, 0.2) is 24.3 Å². The molecule has 0 aliphatic rings. The van der Waals surface area contributed by atoms with Gasteiger partial charge in [-0.15, -0.1) is 0 Å².